The van der Waals surface area contributed by atoms with Crippen molar-refractivity contribution >= 4 is 36.7 Å². The van der Waals surface area contributed by atoms with Crippen LogP contribution in [0, 0.1) is 0 Å². The number of H-pyrrole nitrogens is 1. The zero-order valence-electron chi connectivity index (χ0n) is 10.4. The largest absolute Gasteiger partial charge is 0.493 e. The number of nitrogens with one attached hydrogen (secondary N) is 1. The average Bonchev–Trinajstić information content (AvgIpc) is 2.79. The van der Waals surface area contributed by atoms with Crippen LogP contribution in [0.2, 0.25) is 0 Å². The minimum Gasteiger partial charge on any atom is -0.493 e. The molecule has 0 saturated carbocycles. The second-order valence-electron chi connectivity index (χ2n) is 4.34. The lowest BCUT2D eigenvalue weighted by molar-refractivity contribution is 0.455. The Morgan fingerprint density at radius 1 is 1.10 bits per heavy atom. The Labute approximate surface area is 127 Å². The third-order valence-electron chi connectivity index (χ3n) is 3.04. The SMILES string of the molecule is O=c1[nH]c(O)cn1S(=O)(=O)c1ccc(Br)c2ccccc12. The first-order valence-corrected chi connectivity index (χ1v) is 8.08. The van der Waals surface area contributed by atoms with E-state index in [4.69, 9.17) is 0 Å². The third-order valence-corrected chi connectivity index (χ3v) is 5.43. The smallest absolute Gasteiger partial charge is 0.342 e. The Bertz CT molecular complexity index is 1000. The molecule has 0 spiro atoms. The molecule has 0 unspecified atom stereocenters. The molecule has 0 radical (unpaired) electrons. The minimum absolute atomic E-state index is 0.0117. The summed E-state index contributed by atoms with van der Waals surface area (Å²) in [5.41, 5.74) is -0.917. The Morgan fingerprint density at radius 2 is 1.76 bits per heavy atom. The number of fused-ring (bicyclic) bond motifs is 1. The summed E-state index contributed by atoms with van der Waals surface area (Å²) in [5, 5.41) is 10.5. The van der Waals surface area contributed by atoms with Gasteiger partial charge in [0.15, 0.2) is 0 Å². The molecule has 2 N–H and O–H groups in total. The summed E-state index contributed by atoms with van der Waals surface area (Å²) in [6.07, 6.45) is 0.842. The third kappa shape index (κ3) is 2.16. The Balaban J connectivity index is 2.38. The van der Waals surface area contributed by atoms with E-state index in [0.717, 1.165) is 10.7 Å². The van der Waals surface area contributed by atoms with E-state index in [1.165, 1.54) is 6.07 Å². The second-order valence-corrected chi connectivity index (χ2v) is 6.97. The number of hydrogen-bond acceptors (Lipinski definition) is 4. The summed E-state index contributed by atoms with van der Waals surface area (Å²) in [7, 11) is -4.10. The fraction of sp³-hybridized carbons (Fsp3) is 0. The number of aromatic hydroxyl groups is 1. The molecule has 8 heteroatoms. The summed E-state index contributed by atoms with van der Waals surface area (Å²) in [5.74, 6) is -0.509. The molecule has 1 heterocycles. The summed E-state index contributed by atoms with van der Waals surface area (Å²) >= 11 is 3.36. The lowest BCUT2D eigenvalue weighted by Gasteiger charge is -2.09. The molecule has 108 valence electrons. The molecule has 2 aromatic carbocycles. The van der Waals surface area contributed by atoms with E-state index in [1.807, 2.05) is 4.98 Å². The summed E-state index contributed by atoms with van der Waals surface area (Å²) in [6.45, 7) is 0. The average molecular weight is 369 g/mol. The van der Waals surface area contributed by atoms with Crippen molar-refractivity contribution in [3.8, 4) is 5.88 Å². The molecule has 0 amide bonds. The molecule has 3 aromatic rings. The fourth-order valence-corrected chi connectivity index (χ4v) is 4.00. The van der Waals surface area contributed by atoms with E-state index in [2.05, 4.69) is 15.9 Å². The molecule has 0 aliphatic heterocycles. The van der Waals surface area contributed by atoms with Crippen molar-refractivity contribution in [1.82, 2.24) is 8.96 Å². The van der Waals surface area contributed by atoms with Gasteiger partial charge in [-0.05, 0) is 17.5 Å². The van der Waals surface area contributed by atoms with Crippen molar-refractivity contribution in [3.05, 3.63) is 57.6 Å². The molecule has 21 heavy (non-hydrogen) atoms. The number of hydrogen-bond donors (Lipinski definition) is 2. The van der Waals surface area contributed by atoms with Crippen LogP contribution in [0.5, 0.6) is 5.88 Å². The first kappa shape index (κ1) is 13.9. The van der Waals surface area contributed by atoms with Crippen molar-refractivity contribution in [2.75, 3.05) is 0 Å². The topological polar surface area (TPSA) is 92.2 Å². The maximum absolute atomic E-state index is 12.6. The van der Waals surface area contributed by atoms with Crippen LogP contribution < -0.4 is 5.69 Å². The van der Waals surface area contributed by atoms with Gasteiger partial charge in [0.2, 0.25) is 5.88 Å². The van der Waals surface area contributed by atoms with Crippen LogP contribution in [0.25, 0.3) is 10.8 Å². The van der Waals surface area contributed by atoms with Crippen LogP contribution >= 0.6 is 15.9 Å². The van der Waals surface area contributed by atoms with E-state index in [0.29, 0.717) is 14.7 Å². The zero-order chi connectivity index (χ0) is 15.2. The van der Waals surface area contributed by atoms with E-state index >= 15 is 0 Å². The van der Waals surface area contributed by atoms with E-state index in [-0.39, 0.29) is 4.90 Å². The minimum atomic E-state index is -4.10. The van der Waals surface area contributed by atoms with Crippen LogP contribution in [0.4, 0.5) is 0 Å². The van der Waals surface area contributed by atoms with Gasteiger partial charge in [-0.1, -0.05) is 40.2 Å². The molecule has 6 nitrogen and oxygen atoms in total. The number of imidazole rings is 1. The maximum Gasteiger partial charge on any atom is 0.342 e. The van der Waals surface area contributed by atoms with E-state index in [9.17, 15) is 18.3 Å². The van der Waals surface area contributed by atoms with Gasteiger partial charge < -0.3 is 5.11 Å². The van der Waals surface area contributed by atoms with Gasteiger partial charge in [-0.2, -0.15) is 3.97 Å². The van der Waals surface area contributed by atoms with Gasteiger partial charge in [0.25, 0.3) is 10.0 Å². The highest BCUT2D eigenvalue weighted by Crippen LogP contribution is 2.30. The van der Waals surface area contributed by atoms with Crippen LogP contribution in [0.3, 0.4) is 0 Å². The molecule has 0 atom stereocenters. The molecule has 3 rings (SSSR count). The van der Waals surface area contributed by atoms with Gasteiger partial charge in [0.1, 0.15) is 0 Å². The molecule has 0 fully saturated rings. The molecule has 0 aliphatic rings. The summed E-state index contributed by atoms with van der Waals surface area (Å²) in [4.78, 5) is 13.6. The number of aromatic nitrogens is 2. The predicted molar refractivity (Wildman–Crippen MR) is 80.9 cm³/mol. The van der Waals surface area contributed by atoms with Gasteiger partial charge in [-0.15, -0.1) is 0 Å². The highest BCUT2D eigenvalue weighted by Gasteiger charge is 2.23. The number of aromatic amines is 1. The molecule has 1 aromatic heterocycles. The standard InChI is InChI=1S/C13H9BrN2O4S/c14-10-5-6-11(9-4-2-1-3-8(9)10)21(19,20)16-7-12(17)15-13(16)18/h1-7,17H,(H,15,18). The normalized spacial score (nSPS) is 11.9. The van der Waals surface area contributed by atoms with Crippen molar-refractivity contribution in [2.45, 2.75) is 4.90 Å². The molecular formula is C13H9BrN2O4S. The molecule has 0 saturated heterocycles. The van der Waals surface area contributed by atoms with Crippen LogP contribution in [-0.2, 0) is 10.0 Å². The predicted octanol–water partition coefficient (Wildman–Crippen LogP) is 2.03. The monoisotopic (exact) mass is 368 g/mol. The van der Waals surface area contributed by atoms with Crippen molar-refractivity contribution in [3.63, 3.8) is 0 Å². The Hall–Kier alpha value is -2.06. The van der Waals surface area contributed by atoms with Gasteiger partial charge >= 0.3 is 5.69 Å². The first-order chi connectivity index (χ1) is 9.91. The number of halogens is 1. The summed E-state index contributed by atoms with van der Waals surface area (Å²) in [6, 6.07) is 9.95. The van der Waals surface area contributed by atoms with Gasteiger partial charge in [-0.25, -0.2) is 13.2 Å². The molecular weight excluding hydrogens is 360 g/mol. The van der Waals surface area contributed by atoms with Gasteiger partial charge in [0.05, 0.1) is 11.1 Å². The van der Waals surface area contributed by atoms with E-state index in [1.54, 1.807) is 30.3 Å². The van der Waals surface area contributed by atoms with Crippen molar-refractivity contribution in [1.29, 1.82) is 0 Å². The highest BCUT2D eigenvalue weighted by molar-refractivity contribution is 9.10. The number of rotatable bonds is 2. The first-order valence-electron chi connectivity index (χ1n) is 5.85. The van der Waals surface area contributed by atoms with Crippen LogP contribution in [0.1, 0.15) is 0 Å². The zero-order valence-corrected chi connectivity index (χ0v) is 12.8. The van der Waals surface area contributed by atoms with Crippen LogP contribution in [0.15, 0.2) is 56.8 Å². The van der Waals surface area contributed by atoms with Crippen molar-refractivity contribution in [2.24, 2.45) is 0 Å². The second kappa shape index (κ2) is 4.74. The van der Waals surface area contributed by atoms with Crippen molar-refractivity contribution < 1.29 is 13.5 Å². The fourth-order valence-electron chi connectivity index (χ4n) is 2.11. The maximum atomic E-state index is 12.6. The molecule has 0 bridgehead atoms. The van der Waals surface area contributed by atoms with Crippen LogP contribution in [-0.4, -0.2) is 22.5 Å². The van der Waals surface area contributed by atoms with E-state index < -0.39 is 21.6 Å². The molecule has 0 aliphatic carbocycles. The van der Waals surface area contributed by atoms with Gasteiger partial charge in [0, 0.05) is 9.86 Å². The number of benzene rings is 2. The number of nitrogens with zero attached hydrogens (tertiary/aromatic N) is 1. The Kier molecular flexibility index (Phi) is 3.14. The quantitative estimate of drug-likeness (QED) is 0.723. The Morgan fingerprint density at radius 3 is 2.38 bits per heavy atom. The lowest BCUT2D eigenvalue weighted by Crippen LogP contribution is -2.24. The lowest BCUT2D eigenvalue weighted by atomic mass is 10.1. The summed E-state index contributed by atoms with van der Waals surface area (Å²) < 4.78 is 26.5. The highest BCUT2D eigenvalue weighted by atomic mass is 79.9. The van der Waals surface area contributed by atoms with Gasteiger partial charge in [-0.3, -0.25) is 4.98 Å².